The van der Waals surface area contributed by atoms with Gasteiger partial charge in [0.05, 0.1) is 11.7 Å². The van der Waals surface area contributed by atoms with E-state index in [1.807, 2.05) is 6.08 Å². The summed E-state index contributed by atoms with van der Waals surface area (Å²) in [5, 5.41) is 8.84. The number of alkyl halides is 1. The van der Waals surface area contributed by atoms with Crippen LogP contribution in [0.1, 0.15) is 89.1 Å². The number of hydrogen-bond acceptors (Lipinski definition) is 3. The largest absolute Gasteiger partial charge is 0.295 e. The minimum atomic E-state index is 0.0370. The summed E-state index contributed by atoms with van der Waals surface area (Å²) >= 11 is 6.26. The van der Waals surface area contributed by atoms with Crippen LogP contribution in [0.3, 0.4) is 0 Å². The third-order valence-corrected chi connectivity index (χ3v) is 5.57. The maximum absolute atomic E-state index is 11.3. The molecule has 0 spiro atoms. The van der Waals surface area contributed by atoms with Crippen LogP contribution in [0.4, 0.5) is 0 Å². The summed E-state index contributed by atoms with van der Waals surface area (Å²) in [6, 6.07) is 0.447. The molecule has 1 aliphatic rings. The van der Waals surface area contributed by atoms with Gasteiger partial charge in [-0.2, -0.15) is 0 Å². The van der Waals surface area contributed by atoms with E-state index in [9.17, 15) is 4.79 Å². The van der Waals surface area contributed by atoms with Crippen molar-refractivity contribution in [3.63, 3.8) is 0 Å². The lowest BCUT2D eigenvalue weighted by molar-refractivity contribution is -0.112. The quantitative estimate of drug-likeness (QED) is 0.318. The molecule has 2 rings (SSSR count). The fourth-order valence-electron chi connectivity index (χ4n) is 3.66. The van der Waals surface area contributed by atoms with Crippen molar-refractivity contribution in [2.24, 2.45) is 5.92 Å². The Hall–Kier alpha value is -1.16. The Morgan fingerprint density at radius 2 is 2.08 bits per heavy atom. The van der Waals surface area contributed by atoms with Crippen molar-refractivity contribution in [1.29, 1.82) is 0 Å². The molecule has 0 saturated heterocycles. The fourth-order valence-corrected chi connectivity index (χ4v) is 3.92. The highest BCUT2D eigenvalue weighted by Gasteiger charge is 2.23. The molecular formula is C20H32ClN3O. The number of rotatable bonds is 10. The van der Waals surface area contributed by atoms with Gasteiger partial charge in [0.25, 0.3) is 0 Å². The number of nitrogens with zero attached hydrogens (tertiary/aromatic N) is 3. The Morgan fingerprint density at radius 3 is 2.72 bits per heavy atom. The molecule has 0 amide bonds. The van der Waals surface area contributed by atoms with E-state index in [-0.39, 0.29) is 5.78 Å². The van der Waals surface area contributed by atoms with Crippen molar-refractivity contribution in [1.82, 2.24) is 15.0 Å². The average molecular weight is 366 g/mol. The summed E-state index contributed by atoms with van der Waals surface area (Å²) in [5.74, 6) is 1.14. The smallest absolute Gasteiger partial charge is 0.152 e. The zero-order chi connectivity index (χ0) is 18.1. The number of hydrogen-bond donors (Lipinski definition) is 0. The average Bonchev–Trinajstić information content (AvgIpc) is 3.02. The highest BCUT2D eigenvalue weighted by molar-refractivity contribution is 6.18. The molecule has 1 aliphatic carbocycles. The molecule has 0 radical (unpaired) electrons. The van der Waals surface area contributed by atoms with Crippen molar-refractivity contribution < 1.29 is 4.79 Å². The molecule has 0 N–H and O–H groups in total. The second-order valence-corrected chi connectivity index (χ2v) is 7.63. The molecule has 1 aromatic heterocycles. The van der Waals surface area contributed by atoms with Crippen LogP contribution in [-0.4, -0.2) is 26.7 Å². The lowest BCUT2D eigenvalue weighted by Crippen LogP contribution is -2.19. The number of aromatic nitrogens is 3. The highest BCUT2D eigenvalue weighted by atomic mass is 35.5. The number of carbonyl (C=O) groups is 1. The van der Waals surface area contributed by atoms with E-state index in [1.54, 1.807) is 13.0 Å². The molecule has 140 valence electrons. The molecule has 0 aliphatic heterocycles. The van der Waals surface area contributed by atoms with Gasteiger partial charge in [-0.3, -0.25) is 4.79 Å². The molecule has 1 aromatic rings. The zero-order valence-electron chi connectivity index (χ0n) is 15.7. The van der Waals surface area contributed by atoms with E-state index in [1.165, 1.54) is 51.4 Å². The molecule has 1 heterocycles. The summed E-state index contributed by atoms with van der Waals surface area (Å²) in [5.41, 5.74) is 2.00. The van der Waals surface area contributed by atoms with Crippen molar-refractivity contribution in [3.8, 4) is 0 Å². The summed E-state index contributed by atoms with van der Waals surface area (Å²) in [7, 11) is 0. The first-order valence-corrected chi connectivity index (χ1v) is 10.4. The molecule has 0 bridgehead atoms. The summed E-state index contributed by atoms with van der Waals surface area (Å²) in [4.78, 5) is 11.3. The zero-order valence-corrected chi connectivity index (χ0v) is 16.5. The van der Waals surface area contributed by atoms with Crippen molar-refractivity contribution in [2.45, 2.75) is 84.1 Å². The Bertz CT molecular complexity index is 561. The SMILES string of the molecule is CCCCCC(CCl)Cc1c(/C=C/C(C)=O)nnn1C1CCCCC1. The van der Waals surface area contributed by atoms with Gasteiger partial charge in [-0.1, -0.05) is 50.7 Å². The van der Waals surface area contributed by atoms with E-state index in [0.29, 0.717) is 17.8 Å². The van der Waals surface area contributed by atoms with Crippen LogP contribution < -0.4 is 0 Å². The normalized spacial score (nSPS) is 17.2. The third-order valence-electron chi connectivity index (χ3n) is 5.13. The summed E-state index contributed by atoms with van der Waals surface area (Å²) in [6.45, 7) is 3.79. The molecular weight excluding hydrogens is 334 g/mol. The van der Waals surface area contributed by atoms with E-state index >= 15 is 0 Å². The Labute approximate surface area is 157 Å². The number of unbranched alkanes of at least 4 members (excludes halogenated alkanes) is 2. The van der Waals surface area contributed by atoms with Gasteiger partial charge in [-0.15, -0.1) is 16.7 Å². The Balaban J connectivity index is 2.20. The van der Waals surface area contributed by atoms with Gasteiger partial charge in [-0.25, -0.2) is 4.68 Å². The monoisotopic (exact) mass is 365 g/mol. The minimum Gasteiger partial charge on any atom is -0.295 e. The van der Waals surface area contributed by atoms with Crippen LogP contribution in [0.5, 0.6) is 0 Å². The van der Waals surface area contributed by atoms with Gasteiger partial charge < -0.3 is 0 Å². The number of allylic oxidation sites excluding steroid dienone is 1. The van der Waals surface area contributed by atoms with E-state index < -0.39 is 0 Å². The predicted molar refractivity (Wildman–Crippen MR) is 104 cm³/mol. The highest BCUT2D eigenvalue weighted by Crippen LogP contribution is 2.30. The van der Waals surface area contributed by atoms with Crippen LogP contribution in [0.15, 0.2) is 6.08 Å². The standard InChI is InChI=1S/C20H32ClN3O/c1-3-4-6-9-17(15-21)14-20-19(13-12-16(2)25)22-23-24(20)18-10-7-5-8-11-18/h12-13,17-18H,3-11,14-15H2,1-2H3/b13-12+. The van der Waals surface area contributed by atoms with Gasteiger partial charge in [0.2, 0.25) is 0 Å². The molecule has 1 unspecified atom stereocenters. The van der Waals surface area contributed by atoms with Crippen molar-refractivity contribution >= 4 is 23.5 Å². The van der Waals surface area contributed by atoms with Crippen molar-refractivity contribution in [2.75, 3.05) is 5.88 Å². The van der Waals surface area contributed by atoms with E-state index in [2.05, 4.69) is 21.9 Å². The van der Waals surface area contributed by atoms with E-state index in [0.717, 1.165) is 24.2 Å². The lowest BCUT2D eigenvalue weighted by atomic mass is 9.93. The molecule has 25 heavy (non-hydrogen) atoms. The number of halogens is 1. The van der Waals surface area contributed by atoms with Gasteiger partial charge in [0.1, 0.15) is 5.69 Å². The summed E-state index contributed by atoms with van der Waals surface area (Å²) in [6.07, 6.45) is 15.3. The van der Waals surface area contributed by atoms with E-state index in [4.69, 9.17) is 11.6 Å². The molecule has 0 aromatic carbocycles. The minimum absolute atomic E-state index is 0.0370. The fraction of sp³-hybridized carbons (Fsp3) is 0.750. The first-order chi connectivity index (χ1) is 12.2. The number of carbonyl (C=O) groups excluding carboxylic acids is 1. The Kier molecular flexibility index (Phi) is 8.66. The first-order valence-electron chi connectivity index (χ1n) is 9.84. The van der Waals surface area contributed by atoms with Crippen LogP contribution in [0, 0.1) is 5.92 Å². The van der Waals surface area contributed by atoms with Gasteiger partial charge >= 0.3 is 0 Å². The molecule has 4 nitrogen and oxygen atoms in total. The number of ketones is 1. The maximum atomic E-state index is 11.3. The second kappa shape index (κ2) is 10.7. The topological polar surface area (TPSA) is 47.8 Å². The van der Waals surface area contributed by atoms with Crippen LogP contribution in [-0.2, 0) is 11.2 Å². The molecule has 5 heteroatoms. The molecule has 1 saturated carbocycles. The summed E-state index contributed by atoms with van der Waals surface area (Å²) < 4.78 is 2.14. The van der Waals surface area contributed by atoms with Crippen LogP contribution in [0.2, 0.25) is 0 Å². The van der Waals surface area contributed by atoms with Gasteiger partial charge in [0.15, 0.2) is 5.78 Å². The second-order valence-electron chi connectivity index (χ2n) is 7.32. The Morgan fingerprint density at radius 1 is 1.32 bits per heavy atom. The predicted octanol–water partition coefficient (Wildman–Crippen LogP) is 5.36. The maximum Gasteiger partial charge on any atom is 0.152 e. The lowest BCUT2D eigenvalue weighted by Gasteiger charge is -2.24. The van der Waals surface area contributed by atoms with Crippen molar-refractivity contribution in [3.05, 3.63) is 17.5 Å². The molecule has 1 atom stereocenters. The van der Waals surface area contributed by atoms with Gasteiger partial charge in [-0.05, 0) is 50.7 Å². The first kappa shape index (κ1) is 20.2. The van der Waals surface area contributed by atoms with Gasteiger partial charge in [0, 0.05) is 5.88 Å². The van der Waals surface area contributed by atoms with Crippen LogP contribution in [0.25, 0.3) is 6.08 Å². The third kappa shape index (κ3) is 6.25. The molecule has 1 fully saturated rings. The van der Waals surface area contributed by atoms with Crippen LogP contribution >= 0.6 is 11.6 Å².